The van der Waals surface area contributed by atoms with Crippen molar-refractivity contribution in [2.24, 2.45) is 5.92 Å². The molecule has 0 aliphatic carbocycles. The summed E-state index contributed by atoms with van der Waals surface area (Å²) in [4.78, 5) is 4.57. The molecule has 0 saturated carbocycles. The van der Waals surface area contributed by atoms with Crippen molar-refractivity contribution in [2.75, 3.05) is 33.7 Å². The minimum absolute atomic E-state index is 0.0981. The number of nitrogens with zero attached hydrogens (tertiary/aromatic N) is 3. The summed E-state index contributed by atoms with van der Waals surface area (Å²) in [7, 11) is 4.23. The van der Waals surface area contributed by atoms with Gasteiger partial charge in [-0.3, -0.25) is 4.90 Å². The second-order valence-electron chi connectivity index (χ2n) is 4.41. The third-order valence-corrected chi connectivity index (χ3v) is 3.10. The molecule has 0 amide bonds. The summed E-state index contributed by atoms with van der Waals surface area (Å²) in [6.07, 6.45) is 2.21. The third-order valence-electron chi connectivity index (χ3n) is 3.10. The van der Waals surface area contributed by atoms with Crippen molar-refractivity contribution >= 4 is 0 Å². The van der Waals surface area contributed by atoms with Crippen LogP contribution in [0.2, 0.25) is 0 Å². The van der Waals surface area contributed by atoms with E-state index in [1.807, 2.05) is 0 Å². The Kier molecular flexibility index (Phi) is 4.37. The van der Waals surface area contributed by atoms with Crippen LogP contribution in [-0.4, -0.2) is 49.6 Å². The molecule has 2 atom stereocenters. The van der Waals surface area contributed by atoms with Crippen LogP contribution in [0.3, 0.4) is 0 Å². The fraction of sp³-hybridized carbons (Fsp3) is 0.909. The van der Waals surface area contributed by atoms with Gasteiger partial charge in [-0.1, -0.05) is 6.92 Å². The van der Waals surface area contributed by atoms with Gasteiger partial charge in [0.05, 0.1) is 12.1 Å². The highest BCUT2D eigenvalue weighted by molar-refractivity contribution is 4.90. The van der Waals surface area contributed by atoms with Crippen molar-refractivity contribution in [2.45, 2.75) is 25.8 Å². The molecule has 0 aromatic heterocycles. The van der Waals surface area contributed by atoms with Gasteiger partial charge in [-0.25, -0.2) is 0 Å². The maximum atomic E-state index is 8.92. The van der Waals surface area contributed by atoms with Crippen LogP contribution in [0.1, 0.15) is 19.8 Å². The van der Waals surface area contributed by atoms with Crippen LogP contribution >= 0.6 is 0 Å². The summed E-state index contributed by atoms with van der Waals surface area (Å²) < 4.78 is 0. The normalized spacial score (nSPS) is 25.2. The maximum Gasteiger partial charge on any atom is 0.0972 e. The van der Waals surface area contributed by atoms with Gasteiger partial charge in [-0.05, 0) is 39.4 Å². The molecule has 0 radical (unpaired) electrons. The predicted octanol–water partition coefficient (Wildman–Crippen LogP) is 1.17. The average Bonchev–Trinajstić information content (AvgIpc) is 2.53. The molecule has 0 bridgehead atoms. The van der Waals surface area contributed by atoms with E-state index in [9.17, 15) is 0 Å². The SMILES string of the molecule is CCC(C#N)N(C)CC1CCN(C)C1. The lowest BCUT2D eigenvalue weighted by Gasteiger charge is -2.24. The number of likely N-dealkylation sites (tertiary alicyclic amines) is 1. The van der Waals surface area contributed by atoms with Crippen molar-refractivity contribution in [3.05, 3.63) is 0 Å². The Morgan fingerprint density at radius 3 is 2.79 bits per heavy atom. The van der Waals surface area contributed by atoms with Crippen LogP contribution in [0.5, 0.6) is 0 Å². The van der Waals surface area contributed by atoms with E-state index >= 15 is 0 Å². The minimum Gasteiger partial charge on any atom is -0.306 e. The molecule has 1 aliphatic heterocycles. The van der Waals surface area contributed by atoms with Crippen molar-refractivity contribution in [3.8, 4) is 6.07 Å². The first-order chi connectivity index (χ1) is 6.67. The topological polar surface area (TPSA) is 30.3 Å². The number of hydrogen-bond donors (Lipinski definition) is 0. The monoisotopic (exact) mass is 195 g/mol. The predicted molar refractivity (Wildman–Crippen MR) is 57.9 cm³/mol. The molecule has 1 rings (SSSR count). The lowest BCUT2D eigenvalue weighted by atomic mass is 10.1. The molecule has 1 fully saturated rings. The molecule has 1 saturated heterocycles. The van der Waals surface area contributed by atoms with E-state index in [0.29, 0.717) is 0 Å². The minimum atomic E-state index is 0.0981. The van der Waals surface area contributed by atoms with Crippen LogP contribution in [0.15, 0.2) is 0 Å². The second kappa shape index (κ2) is 5.33. The highest BCUT2D eigenvalue weighted by Gasteiger charge is 2.22. The molecular weight excluding hydrogens is 174 g/mol. The Labute approximate surface area is 87.3 Å². The standard InChI is InChI=1S/C11H21N3/c1-4-11(7-12)14(3)9-10-5-6-13(2)8-10/h10-11H,4-6,8-9H2,1-3H3. The molecule has 0 spiro atoms. The van der Waals surface area contributed by atoms with E-state index in [2.05, 4.69) is 36.9 Å². The van der Waals surface area contributed by atoms with Gasteiger partial charge in [0, 0.05) is 13.1 Å². The molecule has 14 heavy (non-hydrogen) atoms. The highest BCUT2D eigenvalue weighted by atomic mass is 15.2. The van der Waals surface area contributed by atoms with E-state index in [4.69, 9.17) is 5.26 Å². The Hall–Kier alpha value is -0.590. The van der Waals surface area contributed by atoms with Crippen molar-refractivity contribution in [1.29, 1.82) is 5.26 Å². The van der Waals surface area contributed by atoms with Crippen LogP contribution in [0.25, 0.3) is 0 Å². The van der Waals surface area contributed by atoms with E-state index in [-0.39, 0.29) is 6.04 Å². The van der Waals surface area contributed by atoms with Crippen molar-refractivity contribution in [3.63, 3.8) is 0 Å². The Morgan fingerprint density at radius 1 is 1.64 bits per heavy atom. The Morgan fingerprint density at radius 2 is 2.36 bits per heavy atom. The number of rotatable bonds is 4. The summed E-state index contributed by atoms with van der Waals surface area (Å²) in [6.45, 7) is 5.54. The summed E-state index contributed by atoms with van der Waals surface area (Å²) >= 11 is 0. The Bertz CT molecular complexity index is 209. The number of nitriles is 1. The van der Waals surface area contributed by atoms with Gasteiger partial charge in [0.2, 0.25) is 0 Å². The highest BCUT2D eigenvalue weighted by Crippen LogP contribution is 2.16. The lowest BCUT2D eigenvalue weighted by Crippen LogP contribution is -2.35. The Balaban J connectivity index is 2.33. The van der Waals surface area contributed by atoms with Crippen LogP contribution < -0.4 is 0 Å². The zero-order valence-corrected chi connectivity index (χ0v) is 9.53. The van der Waals surface area contributed by atoms with Crippen molar-refractivity contribution in [1.82, 2.24) is 9.80 Å². The third kappa shape index (κ3) is 2.97. The molecule has 0 aromatic carbocycles. The van der Waals surface area contributed by atoms with Gasteiger partial charge in [-0.15, -0.1) is 0 Å². The molecule has 1 heterocycles. The summed E-state index contributed by atoms with van der Waals surface area (Å²) in [5.41, 5.74) is 0. The molecule has 0 N–H and O–H groups in total. The summed E-state index contributed by atoms with van der Waals surface area (Å²) in [6, 6.07) is 2.45. The molecule has 3 heteroatoms. The maximum absolute atomic E-state index is 8.92. The van der Waals surface area contributed by atoms with Crippen LogP contribution in [-0.2, 0) is 0 Å². The summed E-state index contributed by atoms with van der Waals surface area (Å²) in [5.74, 6) is 0.757. The van der Waals surface area contributed by atoms with Gasteiger partial charge < -0.3 is 4.90 Å². The molecule has 80 valence electrons. The first-order valence-corrected chi connectivity index (χ1v) is 5.45. The first-order valence-electron chi connectivity index (χ1n) is 5.45. The van der Waals surface area contributed by atoms with Gasteiger partial charge >= 0.3 is 0 Å². The van der Waals surface area contributed by atoms with E-state index in [1.165, 1.54) is 19.5 Å². The van der Waals surface area contributed by atoms with Crippen molar-refractivity contribution < 1.29 is 0 Å². The fourth-order valence-electron chi connectivity index (χ4n) is 2.21. The van der Waals surface area contributed by atoms with E-state index in [1.54, 1.807) is 0 Å². The van der Waals surface area contributed by atoms with Crippen LogP contribution in [0, 0.1) is 17.2 Å². The second-order valence-corrected chi connectivity index (χ2v) is 4.41. The van der Waals surface area contributed by atoms with Gasteiger partial charge in [0.1, 0.15) is 0 Å². The van der Waals surface area contributed by atoms with E-state index in [0.717, 1.165) is 18.9 Å². The molecule has 1 aliphatic rings. The molecular formula is C11H21N3. The van der Waals surface area contributed by atoms with Gasteiger partial charge in [-0.2, -0.15) is 5.26 Å². The lowest BCUT2D eigenvalue weighted by molar-refractivity contribution is 0.236. The first kappa shape index (κ1) is 11.5. The zero-order chi connectivity index (χ0) is 10.6. The summed E-state index contributed by atoms with van der Waals surface area (Å²) in [5, 5.41) is 8.92. The zero-order valence-electron chi connectivity index (χ0n) is 9.53. The van der Waals surface area contributed by atoms with Gasteiger partial charge in [0.25, 0.3) is 0 Å². The van der Waals surface area contributed by atoms with Crippen LogP contribution in [0.4, 0.5) is 0 Å². The van der Waals surface area contributed by atoms with Gasteiger partial charge in [0.15, 0.2) is 0 Å². The van der Waals surface area contributed by atoms with E-state index < -0.39 is 0 Å². The molecule has 3 nitrogen and oxygen atoms in total. The number of hydrogen-bond acceptors (Lipinski definition) is 3. The fourth-order valence-corrected chi connectivity index (χ4v) is 2.21. The molecule has 2 unspecified atom stereocenters. The largest absolute Gasteiger partial charge is 0.306 e. The smallest absolute Gasteiger partial charge is 0.0972 e. The quantitative estimate of drug-likeness (QED) is 0.674. The average molecular weight is 195 g/mol. The molecule has 0 aromatic rings.